The summed E-state index contributed by atoms with van der Waals surface area (Å²) in [5.74, 6) is -1.25. The Morgan fingerprint density at radius 1 is 1.15 bits per heavy atom. The minimum Gasteiger partial charge on any atom is -0.377 e. The quantitative estimate of drug-likeness (QED) is 0.278. The predicted molar refractivity (Wildman–Crippen MR) is 146 cm³/mol. The van der Waals surface area contributed by atoms with Crippen molar-refractivity contribution in [3.05, 3.63) is 65.9 Å². The number of carbonyl (C=O) groups is 1. The van der Waals surface area contributed by atoms with Crippen molar-refractivity contribution in [2.75, 3.05) is 43.2 Å². The summed E-state index contributed by atoms with van der Waals surface area (Å²) in [7, 11) is -3.99. The minimum absolute atomic E-state index is 0.0294. The fourth-order valence-corrected chi connectivity index (χ4v) is 6.94. The number of rotatable bonds is 8. The maximum Gasteiger partial charge on any atom is 0.319 e. The van der Waals surface area contributed by atoms with Crippen molar-refractivity contribution >= 4 is 28.1 Å². The summed E-state index contributed by atoms with van der Waals surface area (Å²) in [4.78, 5) is 22.6. The third-order valence-electron chi connectivity index (χ3n) is 7.07. The fourth-order valence-electron chi connectivity index (χ4n) is 4.80. The SMILES string of the molecule is C[C@H]1COCCN1c1cc(C2(S(O)(O)c3c(F)cccc3F)CC2)nc(-c2ccc(NC(=O)NCCF)cc2)n1. The lowest BCUT2D eigenvalue weighted by Gasteiger charge is -2.41. The number of aromatic nitrogens is 2. The van der Waals surface area contributed by atoms with Crippen LogP contribution >= 0.6 is 10.6 Å². The first-order chi connectivity index (χ1) is 19.2. The highest BCUT2D eigenvalue weighted by Crippen LogP contribution is 2.75. The molecule has 2 aromatic carbocycles. The molecule has 2 heterocycles. The molecule has 0 unspecified atom stereocenters. The predicted octanol–water partition coefficient (Wildman–Crippen LogP) is 5.54. The van der Waals surface area contributed by atoms with Gasteiger partial charge in [0.15, 0.2) is 5.82 Å². The van der Waals surface area contributed by atoms with Crippen LogP contribution in [0.5, 0.6) is 0 Å². The monoisotopic (exact) mass is 577 g/mol. The van der Waals surface area contributed by atoms with E-state index in [4.69, 9.17) is 9.72 Å². The molecule has 3 aromatic rings. The zero-order valence-corrected chi connectivity index (χ0v) is 22.6. The molecule has 2 aliphatic rings. The number of halogens is 3. The number of carbonyl (C=O) groups excluding carboxylic acids is 1. The zero-order chi connectivity index (χ0) is 28.5. The zero-order valence-electron chi connectivity index (χ0n) is 21.7. The molecule has 214 valence electrons. The third-order valence-corrected chi connectivity index (χ3v) is 9.74. The number of amides is 2. The third kappa shape index (κ3) is 5.33. The average molecular weight is 578 g/mol. The summed E-state index contributed by atoms with van der Waals surface area (Å²) in [5, 5.41) is 4.98. The Kier molecular flexibility index (Phi) is 7.91. The molecule has 1 atom stereocenters. The van der Waals surface area contributed by atoms with Crippen molar-refractivity contribution in [3.63, 3.8) is 0 Å². The molecule has 1 aliphatic carbocycles. The summed E-state index contributed by atoms with van der Waals surface area (Å²) in [6.45, 7) is 2.68. The van der Waals surface area contributed by atoms with Gasteiger partial charge in [-0.3, -0.25) is 9.11 Å². The lowest BCUT2D eigenvalue weighted by Crippen LogP contribution is -2.44. The molecule has 0 spiro atoms. The van der Waals surface area contributed by atoms with Crippen molar-refractivity contribution in [1.82, 2.24) is 15.3 Å². The standard InChI is InChI=1S/C27H30F3N5O4S/c1-17-16-39-14-13-35(17)23-15-22(27(9-10-27)40(37,38)24-20(29)3-2-4-21(24)30)33-25(34-23)18-5-7-19(8-6-18)32-26(36)31-12-11-28/h2-8,15,17,37-38H,9-14,16H2,1H3,(H2,31,32,36)/t17-/m0/s1. The van der Waals surface area contributed by atoms with E-state index in [1.54, 1.807) is 30.3 Å². The van der Waals surface area contributed by atoms with Gasteiger partial charge in [0.25, 0.3) is 0 Å². The molecule has 1 aliphatic heterocycles. The van der Waals surface area contributed by atoms with Gasteiger partial charge in [-0.05, 0) is 56.2 Å². The first kappa shape index (κ1) is 28.1. The first-order valence-corrected chi connectivity index (χ1v) is 14.4. The molecular formula is C27H30F3N5O4S. The van der Waals surface area contributed by atoms with Crippen LogP contribution in [0.4, 0.5) is 29.5 Å². The van der Waals surface area contributed by atoms with E-state index in [1.165, 1.54) is 6.07 Å². The molecule has 1 saturated carbocycles. The molecule has 0 radical (unpaired) electrons. The molecule has 1 aromatic heterocycles. The lowest BCUT2D eigenvalue weighted by atomic mass is 10.1. The summed E-state index contributed by atoms with van der Waals surface area (Å²) in [6.07, 6.45) is 0.545. The fraction of sp³-hybridized carbons (Fsp3) is 0.370. The summed E-state index contributed by atoms with van der Waals surface area (Å²) in [5.41, 5.74) is 1.31. The highest BCUT2D eigenvalue weighted by atomic mass is 32.3. The number of hydrogen-bond acceptors (Lipinski definition) is 7. The molecule has 0 bridgehead atoms. The van der Waals surface area contributed by atoms with E-state index in [2.05, 4.69) is 15.6 Å². The molecule has 4 N–H and O–H groups in total. The highest BCUT2D eigenvalue weighted by Gasteiger charge is 2.59. The molecule has 2 amide bonds. The van der Waals surface area contributed by atoms with Gasteiger partial charge in [-0.2, -0.15) is 10.6 Å². The highest BCUT2D eigenvalue weighted by molar-refractivity contribution is 8.25. The Balaban J connectivity index is 1.55. The lowest BCUT2D eigenvalue weighted by molar-refractivity contribution is 0.0985. The van der Waals surface area contributed by atoms with E-state index < -0.39 is 44.6 Å². The second kappa shape index (κ2) is 11.2. The van der Waals surface area contributed by atoms with Gasteiger partial charge in [0.1, 0.15) is 33.8 Å². The molecule has 9 nitrogen and oxygen atoms in total. The summed E-state index contributed by atoms with van der Waals surface area (Å²) < 4.78 is 68.7. The topological polar surface area (TPSA) is 120 Å². The van der Waals surface area contributed by atoms with Crippen LogP contribution in [0.1, 0.15) is 25.5 Å². The average Bonchev–Trinajstić information content (AvgIpc) is 3.75. The number of anilines is 2. The van der Waals surface area contributed by atoms with Crippen LogP contribution < -0.4 is 15.5 Å². The van der Waals surface area contributed by atoms with Gasteiger partial charge in [-0.1, -0.05) is 6.07 Å². The normalized spacial score (nSPS) is 18.8. The Morgan fingerprint density at radius 3 is 2.48 bits per heavy atom. The van der Waals surface area contributed by atoms with Crippen molar-refractivity contribution in [2.24, 2.45) is 0 Å². The minimum atomic E-state index is -3.99. The van der Waals surface area contributed by atoms with E-state index in [-0.39, 0.29) is 36.9 Å². The van der Waals surface area contributed by atoms with Gasteiger partial charge >= 0.3 is 6.03 Å². The number of urea groups is 1. The number of hydrogen-bond donors (Lipinski definition) is 4. The van der Waals surface area contributed by atoms with Gasteiger partial charge in [0.2, 0.25) is 0 Å². The van der Waals surface area contributed by atoms with E-state index >= 15 is 0 Å². The van der Waals surface area contributed by atoms with Crippen LogP contribution in [0.25, 0.3) is 11.4 Å². The number of nitrogens with one attached hydrogen (secondary N) is 2. The number of alkyl halides is 1. The molecule has 40 heavy (non-hydrogen) atoms. The Hall–Kier alpha value is -3.39. The maximum absolute atomic E-state index is 14.7. The molecule has 2 fully saturated rings. The Labute approximate surface area is 231 Å². The summed E-state index contributed by atoms with van der Waals surface area (Å²) >= 11 is 0. The molecular weight excluding hydrogens is 547 g/mol. The van der Waals surface area contributed by atoms with Gasteiger partial charge in [-0.15, -0.1) is 0 Å². The molecule has 5 rings (SSSR count). The number of morpholine rings is 1. The van der Waals surface area contributed by atoms with Crippen molar-refractivity contribution in [3.8, 4) is 11.4 Å². The van der Waals surface area contributed by atoms with Crippen LogP contribution in [0.3, 0.4) is 0 Å². The van der Waals surface area contributed by atoms with Crippen molar-refractivity contribution in [1.29, 1.82) is 0 Å². The first-order valence-electron chi connectivity index (χ1n) is 12.8. The smallest absolute Gasteiger partial charge is 0.319 e. The van der Waals surface area contributed by atoms with Crippen LogP contribution in [0.15, 0.2) is 53.4 Å². The second-order valence-electron chi connectivity index (χ2n) is 9.79. The molecule has 1 saturated heterocycles. The number of ether oxygens (including phenoxy) is 1. The van der Waals surface area contributed by atoms with Crippen LogP contribution in [0, 0.1) is 11.6 Å². The van der Waals surface area contributed by atoms with Crippen LogP contribution in [-0.4, -0.2) is 64.1 Å². The largest absolute Gasteiger partial charge is 0.377 e. The van der Waals surface area contributed by atoms with E-state index in [0.717, 1.165) is 12.1 Å². The van der Waals surface area contributed by atoms with Gasteiger partial charge in [0, 0.05) is 30.4 Å². The number of benzene rings is 2. The van der Waals surface area contributed by atoms with Crippen molar-refractivity contribution < 1.29 is 31.8 Å². The number of nitrogens with zero attached hydrogens (tertiary/aromatic N) is 3. The second-order valence-corrected chi connectivity index (χ2v) is 12.1. The van der Waals surface area contributed by atoms with Crippen molar-refractivity contribution in [2.45, 2.75) is 35.4 Å². The van der Waals surface area contributed by atoms with Gasteiger partial charge < -0.3 is 20.3 Å². The van der Waals surface area contributed by atoms with Crippen LogP contribution in [0.2, 0.25) is 0 Å². The van der Waals surface area contributed by atoms with E-state index in [9.17, 15) is 27.1 Å². The van der Waals surface area contributed by atoms with Gasteiger partial charge in [-0.25, -0.2) is 27.9 Å². The Morgan fingerprint density at radius 2 is 1.85 bits per heavy atom. The van der Waals surface area contributed by atoms with Gasteiger partial charge in [0.05, 0.1) is 24.9 Å². The Bertz CT molecular complexity index is 1370. The van der Waals surface area contributed by atoms with Crippen LogP contribution in [-0.2, 0) is 9.48 Å². The van der Waals surface area contributed by atoms with E-state index in [1.807, 2.05) is 11.8 Å². The molecule has 13 heteroatoms. The maximum atomic E-state index is 14.7. The van der Waals surface area contributed by atoms with E-state index in [0.29, 0.717) is 36.8 Å². The summed E-state index contributed by atoms with van der Waals surface area (Å²) in [6, 6.07) is 10.9.